The first-order valence-corrected chi connectivity index (χ1v) is 34.6. The molecule has 0 aromatic carbocycles. The number of hydrogen-bond donors (Lipinski definition) is 0. The number of carbonyl (C=O) groups excluding carboxylic acids is 3. The Hall–Kier alpha value is -2.63. The zero-order valence-corrected chi connectivity index (χ0v) is 52.5. The van der Waals surface area contributed by atoms with E-state index in [0.717, 1.165) is 77.0 Å². The lowest BCUT2D eigenvalue weighted by molar-refractivity contribution is -0.167. The van der Waals surface area contributed by atoms with Gasteiger partial charge in [0.05, 0.1) is 0 Å². The molecule has 0 N–H and O–H groups in total. The summed E-state index contributed by atoms with van der Waals surface area (Å²) >= 11 is 0. The van der Waals surface area contributed by atoms with Gasteiger partial charge >= 0.3 is 17.9 Å². The van der Waals surface area contributed by atoms with Gasteiger partial charge in [-0.15, -0.1) is 0 Å². The van der Waals surface area contributed by atoms with Gasteiger partial charge in [0, 0.05) is 19.3 Å². The number of carbonyl (C=O) groups is 3. The second kappa shape index (κ2) is 66.9. The zero-order valence-electron chi connectivity index (χ0n) is 52.5. The van der Waals surface area contributed by atoms with E-state index in [2.05, 4.69) is 69.4 Å². The van der Waals surface area contributed by atoms with Crippen LogP contribution in [0.2, 0.25) is 0 Å². The van der Waals surface area contributed by atoms with Gasteiger partial charge in [-0.25, -0.2) is 0 Å². The maximum Gasteiger partial charge on any atom is 0.306 e. The van der Waals surface area contributed by atoms with Crippen LogP contribution in [-0.2, 0) is 28.6 Å². The molecule has 0 amide bonds. The maximum atomic E-state index is 12.9. The van der Waals surface area contributed by atoms with Gasteiger partial charge in [-0.05, 0) is 96.3 Å². The van der Waals surface area contributed by atoms with Crippen molar-refractivity contribution in [1.29, 1.82) is 0 Å². The van der Waals surface area contributed by atoms with E-state index in [4.69, 9.17) is 14.2 Å². The fourth-order valence-electron chi connectivity index (χ4n) is 10.3. The Morgan fingerprint density at radius 3 is 0.756 bits per heavy atom. The van der Waals surface area contributed by atoms with E-state index in [1.165, 1.54) is 257 Å². The van der Waals surface area contributed by atoms with Crippen molar-refractivity contribution in [3.8, 4) is 0 Å². The summed E-state index contributed by atoms with van der Waals surface area (Å²) in [6, 6.07) is 0. The molecule has 0 aliphatic carbocycles. The van der Waals surface area contributed by atoms with Crippen molar-refractivity contribution < 1.29 is 28.6 Å². The lowest BCUT2D eigenvalue weighted by Crippen LogP contribution is -2.30. The second-order valence-electron chi connectivity index (χ2n) is 23.4. The molecule has 0 heterocycles. The van der Waals surface area contributed by atoms with Crippen LogP contribution in [0.25, 0.3) is 0 Å². The molecule has 0 radical (unpaired) electrons. The number of esters is 3. The van der Waals surface area contributed by atoms with E-state index in [0.29, 0.717) is 19.3 Å². The average Bonchev–Trinajstić information content (AvgIpc) is 3.44. The summed E-state index contributed by atoms with van der Waals surface area (Å²) in [4.78, 5) is 38.4. The molecule has 1 unspecified atom stereocenters. The quantitative estimate of drug-likeness (QED) is 0.0261. The predicted octanol–water partition coefficient (Wildman–Crippen LogP) is 23.7. The van der Waals surface area contributed by atoms with Crippen LogP contribution in [0.1, 0.15) is 374 Å². The summed E-state index contributed by atoms with van der Waals surface area (Å²) in [5.74, 6) is -0.869. The third-order valence-corrected chi connectivity index (χ3v) is 15.5. The summed E-state index contributed by atoms with van der Waals surface area (Å²) in [5, 5.41) is 0. The molecule has 0 saturated carbocycles. The fourth-order valence-corrected chi connectivity index (χ4v) is 10.3. The first-order valence-electron chi connectivity index (χ1n) is 34.6. The molecule has 6 nitrogen and oxygen atoms in total. The number of ether oxygens (including phenoxy) is 3. The first kappa shape index (κ1) is 75.4. The molecule has 6 heteroatoms. The highest BCUT2D eigenvalue weighted by molar-refractivity contribution is 5.71. The van der Waals surface area contributed by atoms with E-state index < -0.39 is 6.10 Å². The SMILES string of the molecule is CCCC/C=C\C/C=C\CCCCCCCC(=O)OCC(COC(=O)CCCCCCCCCCCCCCCCC/C=C\CCCCCCCCCC)OC(=O)CCCCCCCCCCC/C=C\CCCCCCCC. The molecule has 0 spiro atoms. The standard InChI is InChI=1S/C72H132O6/c1-4-7-10-13-16-19-22-25-28-30-32-33-34-35-36-37-38-39-41-42-44-47-50-53-56-59-62-65-71(74)77-68-69(67-76-70(73)64-61-58-55-52-49-46-27-24-21-18-15-12-9-6-3)78-72(75)66-63-60-57-54-51-48-45-43-40-31-29-26-23-20-17-14-11-8-5-2/h15,18,24,26-27,29-30,32,69H,4-14,16-17,19-23,25,28,31,33-68H2,1-3H3/b18-15-,27-24-,29-26-,32-30-. The van der Waals surface area contributed by atoms with Gasteiger partial charge in [-0.3, -0.25) is 14.4 Å². The van der Waals surface area contributed by atoms with E-state index in [1.54, 1.807) is 0 Å². The van der Waals surface area contributed by atoms with Crippen LogP contribution in [0, 0.1) is 0 Å². The minimum absolute atomic E-state index is 0.0752. The Labute approximate surface area is 486 Å². The monoisotopic (exact) mass is 1090 g/mol. The van der Waals surface area contributed by atoms with Crippen molar-refractivity contribution in [2.24, 2.45) is 0 Å². The van der Waals surface area contributed by atoms with E-state index in [1.807, 2.05) is 0 Å². The molecule has 0 fully saturated rings. The summed E-state index contributed by atoms with van der Waals surface area (Å²) in [5.41, 5.74) is 0. The Morgan fingerprint density at radius 2 is 0.474 bits per heavy atom. The molecule has 78 heavy (non-hydrogen) atoms. The summed E-state index contributed by atoms with van der Waals surface area (Å²) < 4.78 is 17.0. The summed E-state index contributed by atoms with van der Waals surface area (Å²) in [6.45, 7) is 6.64. The van der Waals surface area contributed by atoms with Crippen LogP contribution < -0.4 is 0 Å². The molecule has 0 aliphatic rings. The van der Waals surface area contributed by atoms with E-state index >= 15 is 0 Å². The van der Waals surface area contributed by atoms with Gasteiger partial charge in [0.25, 0.3) is 0 Å². The fraction of sp³-hybridized carbons (Fsp3) is 0.847. The molecule has 0 bridgehead atoms. The van der Waals surface area contributed by atoms with Gasteiger partial charge < -0.3 is 14.2 Å². The minimum atomic E-state index is -0.780. The van der Waals surface area contributed by atoms with E-state index in [-0.39, 0.29) is 31.1 Å². The second-order valence-corrected chi connectivity index (χ2v) is 23.4. The highest BCUT2D eigenvalue weighted by atomic mass is 16.6. The van der Waals surface area contributed by atoms with Crippen molar-refractivity contribution in [3.63, 3.8) is 0 Å². The van der Waals surface area contributed by atoms with Crippen LogP contribution in [0.5, 0.6) is 0 Å². The maximum absolute atomic E-state index is 12.9. The van der Waals surface area contributed by atoms with Crippen LogP contribution in [0.15, 0.2) is 48.6 Å². The van der Waals surface area contributed by atoms with Crippen molar-refractivity contribution in [3.05, 3.63) is 48.6 Å². The summed E-state index contributed by atoms with van der Waals surface area (Å²) in [6.07, 6.45) is 84.2. The van der Waals surface area contributed by atoms with Crippen molar-refractivity contribution >= 4 is 17.9 Å². The lowest BCUT2D eigenvalue weighted by Gasteiger charge is -2.18. The third kappa shape index (κ3) is 64.2. The van der Waals surface area contributed by atoms with Gasteiger partial charge in [0.15, 0.2) is 6.10 Å². The number of unbranched alkanes of at least 4 members (excludes halogenated alkanes) is 45. The normalized spacial score (nSPS) is 12.3. The average molecular weight is 1090 g/mol. The van der Waals surface area contributed by atoms with Crippen molar-refractivity contribution in [2.75, 3.05) is 13.2 Å². The molecule has 0 saturated heterocycles. The lowest BCUT2D eigenvalue weighted by atomic mass is 10.0. The zero-order chi connectivity index (χ0) is 56.4. The van der Waals surface area contributed by atoms with Crippen LogP contribution in [-0.4, -0.2) is 37.2 Å². The Bertz CT molecular complexity index is 1350. The highest BCUT2D eigenvalue weighted by Crippen LogP contribution is 2.18. The Morgan fingerprint density at radius 1 is 0.256 bits per heavy atom. The summed E-state index contributed by atoms with van der Waals surface area (Å²) in [7, 11) is 0. The first-order chi connectivity index (χ1) is 38.5. The topological polar surface area (TPSA) is 78.9 Å². The molecule has 0 rings (SSSR count). The van der Waals surface area contributed by atoms with Gasteiger partial charge in [-0.1, -0.05) is 307 Å². The minimum Gasteiger partial charge on any atom is -0.462 e. The third-order valence-electron chi connectivity index (χ3n) is 15.5. The largest absolute Gasteiger partial charge is 0.462 e. The molecule has 0 aromatic heterocycles. The van der Waals surface area contributed by atoms with Gasteiger partial charge in [0.1, 0.15) is 13.2 Å². The van der Waals surface area contributed by atoms with Crippen molar-refractivity contribution in [1.82, 2.24) is 0 Å². The Balaban J connectivity index is 4.24. The van der Waals surface area contributed by atoms with Crippen molar-refractivity contribution in [2.45, 2.75) is 380 Å². The predicted molar refractivity (Wildman–Crippen MR) is 339 cm³/mol. The van der Waals surface area contributed by atoms with Gasteiger partial charge in [-0.2, -0.15) is 0 Å². The number of allylic oxidation sites excluding steroid dienone is 8. The molecule has 1 atom stereocenters. The van der Waals surface area contributed by atoms with Crippen LogP contribution >= 0.6 is 0 Å². The van der Waals surface area contributed by atoms with E-state index in [9.17, 15) is 14.4 Å². The van der Waals surface area contributed by atoms with Crippen LogP contribution in [0.4, 0.5) is 0 Å². The molecule has 0 aromatic rings. The number of rotatable bonds is 64. The number of hydrogen-bond acceptors (Lipinski definition) is 6. The highest BCUT2D eigenvalue weighted by Gasteiger charge is 2.19. The molecular weight excluding hydrogens is 961 g/mol. The smallest absolute Gasteiger partial charge is 0.306 e. The molecule has 0 aliphatic heterocycles. The molecular formula is C72H132O6. The molecule has 456 valence electrons. The Kier molecular flexibility index (Phi) is 64.6. The van der Waals surface area contributed by atoms with Crippen LogP contribution in [0.3, 0.4) is 0 Å². The van der Waals surface area contributed by atoms with Gasteiger partial charge in [0.2, 0.25) is 0 Å².